The van der Waals surface area contributed by atoms with Gasteiger partial charge >= 0.3 is 5.97 Å². The van der Waals surface area contributed by atoms with Crippen molar-refractivity contribution in [3.8, 4) is 17.6 Å². The second-order valence-electron chi connectivity index (χ2n) is 7.04. The lowest BCUT2D eigenvalue weighted by atomic mass is 10.1. The molecule has 0 unspecified atom stereocenters. The minimum absolute atomic E-state index is 0.168. The number of anilines is 1. The summed E-state index contributed by atoms with van der Waals surface area (Å²) < 4.78 is 11.8. The number of methoxy groups -OCH3 is 1. The summed E-state index contributed by atoms with van der Waals surface area (Å²) in [6.45, 7) is 0.171. The maximum absolute atomic E-state index is 12.7. The number of carboxylic acids is 1. The van der Waals surface area contributed by atoms with Gasteiger partial charge in [-0.05, 0) is 53.6 Å². The Morgan fingerprint density at radius 1 is 1.14 bits per heavy atom. The molecule has 0 saturated carbocycles. The Kier molecular flexibility index (Phi) is 8.77. The van der Waals surface area contributed by atoms with E-state index in [-0.39, 0.29) is 33.5 Å². The number of carboxylic acid groups (broad SMARTS) is 1. The standard InChI is InChI=1S/C25H17BrCl2N2O5/c1-34-21-10-16(9-17(12-29)24(31)30-20-4-2-3-19(27)23(20)28)18(26)11-22(21)35-13-14-5-7-15(8-6-14)25(32)33/h2-11H,13H2,1H3,(H,30,31)(H,32,33)/b17-9-. The van der Waals surface area contributed by atoms with Crippen molar-refractivity contribution in [3.05, 3.63) is 91.4 Å². The minimum atomic E-state index is -1.01. The number of nitrogens with zero attached hydrogens (tertiary/aromatic N) is 1. The number of carbonyl (C=O) groups is 2. The molecule has 0 aliphatic rings. The number of aromatic carboxylic acids is 1. The van der Waals surface area contributed by atoms with Gasteiger partial charge in [-0.25, -0.2) is 4.79 Å². The first kappa shape index (κ1) is 26.1. The molecule has 0 bridgehead atoms. The van der Waals surface area contributed by atoms with Crippen molar-refractivity contribution in [2.45, 2.75) is 6.61 Å². The zero-order chi connectivity index (χ0) is 25.5. The van der Waals surface area contributed by atoms with Crippen molar-refractivity contribution in [2.75, 3.05) is 12.4 Å². The van der Waals surface area contributed by atoms with Crippen LogP contribution in [0.5, 0.6) is 11.5 Å². The highest BCUT2D eigenvalue weighted by Gasteiger charge is 2.16. The summed E-state index contributed by atoms with van der Waals surface area (Å²) in [5.41, 5.74) is 1.56. The maximum atomic E-state index is 12.7. The molecule has 0 aromatic heterocycles. The van der Waals surface area contributed by atoms with Crippen LogP contribution in [0.2, 0.25) is 10.0 Å². The van der Waals surface area contributed by atoms with Crippen molar-refractivity contribution in [3.63, 3.8) is 0 Å². The summed E-state index contributed by atoms with van der Waals surface area (Å²) in [6.07, 6.45) is 1.40. The average molecular weight is 576 g/mol. The van der Waals surface area contributed by atoms with Gasteiger partial charge in [0.05, 0.1) is 28.4 Å². The van der Waals surface area contributed by atoms with Gasteiger partial charge in [0.15, 0.2) is 11.5 Å². The number of rotatable bonds is 8. The fourth-order valence-corrected chi connectivity index (χ4v) is 3.72. The summed E-state index contributed by atoms with van der Waals surface area (Å²) >= 11 is 15.5. The second-order valence-corrected chi connectivity index (χ2v) is 8.68. The first-order valence-electron chi connectivity index (χ1n) is 9.93. The number of nitriles is 1. The smallest absolute Gasteiger partial charge is 0.335 e. The number of carbonyl (C=O) groups excluding carboxylic acids is 1. The van der Waals surface area contributed by atoms with Crippen molar-refractivity contribution < 1.29 is 24.2 Å². The fourth-order valence-electron chi connectivity index (χ4n) is 2.93. The van der Waals surface area contributed by atoms with E-state index < -0.39 is 11.9 Å². The van der Waals surface area contributed by atoms with Crippen LogP contribution in [-0.4, -0.2) is 24.1 Å². The van der Waals surface area contributed by atoms with E-state index in [9.17, 15) is 14.9 Å². The number of amides is 1. The summed E-state index contributed by atoms with van der Waals surface area (Å²) in [4.78, 5) is 23.6. The van der Waals surface area contributed by atoms with Gasteiger partial charge in [0, 0.05) is 4.47 Å². The number of nitrogens with one attached hydrogen (secondary N) is 1. The number of ether oxygens (including phenoxy) is 2. The summed E-state index contributed by atoms with van der Waals surface area (Å²) in [6, 6.07) is 16.2. The lowest BCUT2D eigenvalue weighted by molar-refractivity contribution is -0.112. The molecule has 3 aromatic carbocycles. The number of benzene rings is 3. The van der Waals surface area contributed by atoms with Crippen LogP contribution in [0.15, 0.2) is 64.6 Å². The van der Waals surface area contributed by atoms with E-state index >= 15 is 0 Å². The van der Waals surface area contributed by atoms with E-state index in [1.807, 2.05) is 6.07 Å². The molecule has 0 atom stereocenters. The normalized spacial score (nSPS) is 10.9. The Morgan fingerprint density at radius 2 is 1.86 bits per heavy atom. The van der Waals surface area contributed by atoms with Gasteiger partial charge in [-0.2, -0.15) is 5.26 Å². The molecular formula is C25H17BrCl2N2O5. The molecule has 3 rings (SSSR count). The fraction of sp³-hybridized carbons (Fsp3) is 0.0800. The van der Waals surface area contributed by atoms with Gasteiger partial charge in [0.2, 0.25) is 0 Å². The number of hydrogen-bond acceptors (Lipinski definition) is 5. The highest BCUT2D eigenvalue weighted by Crippen LogP contribution is 2.35. The molecule has 0 radical (unpaired) electrons. The molecule has 35 heavy (non-hydrogen) atoms. The van der Waals surface area contributed by atoms with Gasteiger partial charge in [-0.1, -0.05) is 57.3 Å². The van der Waals surface area contributed by atoms with E-state index in [2.05, 4.69) is 21.2 Å². The number of hydrogen-bond donors (Lipinski definition) is 2. The van der Waals surface area contributed by atoms with E-state index in [1.165, 1.54) is 25.3 Å². The topological polar surface area (TPSA) is 109 Å². The van der Waals surface area contributed by atoms with E-state index in [0.29, 0.717) is 21.5 Å². The monoisotopic (exact) mass is 574 g/mol. The lowest BCUT2D eigenvalue weighted by Crippen LogP contribution is -2.13. The maximum Gasteiger partial charge on any atom is 0.335 e. The van der Waals surface area contributed by atoms with Crippen LogP contribution in [-0.2, 0) is 11.4 Å². The van der Waals surface area contributed by atoms with Crippen molar-refractivity contribution in [1.82, 2.24) is 0 Å². The molecule has 0 spiro atoms. The molecule has 1 amide bonds. The van der Waals surface area contributed by atoms with E-state index in [0.717, 1.165) is 5.56 Å². The molecular weight excluding hydrogens is 559 g/mol. The molecule has 3 aromatic rings. The highest BCUT2D eigenvalue weighted by atomic mass is 79.9. The highest BCUT2D eigenvalue weighted by molar-refractivity contribution is 9.10. The second kappa shape index (κ2) is 11.8. The molecule has 0 aliphatic heterocycles. The van der Waals surface area contributed by atoms with Crippen LogP contribution in [0.1, 0.15) is 21.5 Å². The SMILES string of the molecule is COc1cc(/C=C(/C#N)C(=O)Nc2cccc(Cl)c2Cl)c(Br)cc1OCc1ccc(C(=O)O)cc1. The Bertz CT molecular complexity index is 1350. The Labute approximate surface area is 219 Å². The molecule has 0 aliphatic carbocycles. The number of halogens is 3. The molecule has 2 N–H and O–H groups in total. The molecule has 178 valence electrons. The predicted octanol–water partition coefficient (Wildman–Crippen LogP) is 6.59. The molecule has 0 fully saturated rings. The first-order chi connectivity index (χ1) is 16.7. The summed E-state index contributed by atoms with van der Waals surface area (Å²) in [7, 11) is 1.46. The minimum Gasteiger partial charge on any atom is -0.493 e. The van der Waals surface area contributed by atoms with E-state index in [1.54, 1.807) is 42.5 Å². The van der Waals surface area contributed by atoms with Crippen molar-refractivity contribution in [1.29, 1.82) is 5.26 Å². The molecule has 10 heteroatoms. The van der Waals surface area contributed by atoms with E-state index in [4.69, 9.17) is 37.8 Å². The van der Waals surface area contributed by atoms with Crippen molar-refractivity contribution >= 4 is 62.8 Å². The van der Waals surface area contributed by atoms with Crippen LogP contribution in [0.3, 0.4) is 0 Å². The average Bonchev–Trinajstić information content (AvgIpc) is 2.85. The van der Waals surface area contributed by atoms with Crippen LogP contribution in [0.25, 0.3) is 6.08 Å². The van der Waals surface area contributed by atoms with Crippen molar-refractivity contribution in [2.24, 2.45) is 0 Å². The Balaban J connectivity index is 1.81. The zero-order valence-electron chi connectivity index (χ0n) is 18.1. The third kappa shape index (κ3) is 6.55. The van der Waals surface area contributed by atoms with Crippen LogP contribution in [0, 0.1) is 11.3 Å². The lowest BCUT2D eigenvalue weighted by Gasteiger charge is -2.13. The third-order valence-corrected chi connectivity index (χ3v) is 6.25. The molecule has 0 saturated heterocycles. The van der Waals surface area contributed by atoms with Gasteiger partial charge in [0.25, 0.3) is 5.91 Å². The Morgan fingerprint density at radius 3 is 2.49 bits per heavy atom. The van der Waals surface area contributed by atoms with Crippen LogP contribution >= 0.6 is 39.1 Å². The summed E-state index contributed by atoms with van der Waals surface area (Å²) in [5, 5.41) is 21.6. The third-order valence-electron chi connectivity index (χ3n) is 4.74. The van der Waals surface area contributed by atoms with Gasteiger partial charge in [-0.15, -0.1) is 0 Å². The van der Waals surface area contributed by atoms with Gasteiger partial charge in [0.1, 0.15) is 18.2 Å². The van der Waals surface area contributed by atoms with Gasteiger partial charge in [-0.3, -0.25) is 4.79 Å². The zero-order valence-corrected chi connectivity index (χ0v) is 21.2. The largest absolute Gasteiger partial charge is 0.493 e. The quantitative estimate of drug-likeness (QED) is 0.232. The van der Waals surface area contributed by atoms with Crippen LogP contribution in [0.4, 0.5) is 5.69 Å². The summed E-state index contributed by atoms with van der Waals surface area (Å²) in [5.74, 6) is -0.884. The van der Waals surface area contributed by atoms with Crippen LogP contribution < -0.4 is 14.8 Å². The molecule has 0 heterocycles. The Hall–Kier alpha value is -3.51. The predicted molar refractivity (Wildman–Crippen MR) is 137 cm³/mol. The van der Waals surface area contributed by atoms with Gasteiger partial charge < -0.3 is 19.9 Å². The first-order valence-corrected chi connectivity index (χ1v) is 11.5. The molecule has 7 nitrogen and oxygen atoms in total.